The number of rotatable bonds is 1. The van der Waals surface area contributed by atoms with E-state index in [9.17, 15) is 10.2 Å². The van der Waals surface area contributed by atoms with Gasteiger partial charge in [-0.25, -0.2) is 0 Å². The van der Waals surface area contributed by atoms with Crippen LogP contribution in [0.15, 0.2) is 11.6 Å². The van der Waals surface area contributed by atoms with E-state index in [1.165, 1.54) is 12.0 Å². The van der Waals surface area contributed by atoms with Crippen molar-refractivity contribution in [1.29, 1.82) is 0 Å². The van der Waals surface area contributed by atoms with E-state index in [0.717, 1.165) is 31.6 Å². The van der Waals surface area contributed by atoms with Crippen LogP contribution >= 0.6 is 0 Å². The molecule has 0 radical (unpaired) electrons. The summed E-state index contributed by atoms with van der Waals surface area (Å²) in [6, 6.07) is 0. The fraction of sp³-hybridized carbons (Fsp3) is 0.867. The number of hydrogen-bond donors (Lipinski definition) is 2. The minimum absolute atomic E-state index is 0.204. The Labute approximate surface area is 104 Å². The summed E-state index contributed by atoms with van der Waals surface area (Å²) in [5.74, 6) is 1.73. The first-order valence-corrected chi connectivity index (χ1v) is 7.02. The minimum atomic E-state index is -0.490. The van der Waals surface area contributed by atoms with E-state index in [1.54, 1.807) is 0 Å². The van der Waals surface area contributed by atoms with Gasteiger partial charge >= 0.3 is 0 Å². The largest absolute Gasteiger partial charge is 0.392 e. The molecule has 2 nitrogen and oxygen atoms in total. The van der Waals surface area contributed by atoms with E-state index in [4.69, 9.17) is 0 Å². The molecule has 0 aromatic rings. The summed E-state index contributed by atoms with van der Waals surface area (Å²) in [6.07, 6.45) is 7.78. The Morgan fingerprint density at radius 2 is 2.12 bits per heavy atom. The highest BCUT2D eigenvalue weighted by molar-refractivity contribution is 5.23. The van der Waals surface area contributed by atoms with E-state index < -0.39 is 5.60 Å². The van der Waals surface area contributed by atoms with Gasteiger partial charge in [0, 0.05) is 0 Å². The van der Waals surface area contributed by atoms with Crippen LogP contribution in [0.1, 0.15) is 46.0 Å². The van der Waals surface area contributed by atoms with Crippen molar-refractivity contribution in [3.8, 4) is 0 Å². The van der Waals surface area contributed by atoms with E-state index in [2.05, 4.69) is 13.0 Å². The monoisotopic (exact) mass is 236 g/mol. The third-order valence-electron chi connectivity index (χ3n) is 5.90. The third-order valence-corrected chi connectivity index (χ3v) is 5.90. The fourth-order valence-corrected chi connectivity index (χ4v) is 4.53. The average molecular weight is 236 g/mol. The first-order valence-electron chi connectivity index (χ1n) is 7.02. The number of aliphatic hydroxyl groups is 2. The van der Waals surface area contributed by atoms with Gasteiger partial charge in [-0.05, 0) is 67.8 Å². The molecule has 2 N–H and O–H groups in total. The van der Waals surface area contributed by atoms with Crippen LogP contribution in [0.3, 0.4) is 0 Å². The molecule has 0 aliphatic heterocycles. The summed E-state index contributed by atoms with van der Waals surface area (Å²) in [5, 5.41) is 19.9. The van der Waals surface area contributed by atoms with E-state index in [1.807, 2.05) is 6.92 Å². The highest BCUT2D eigenvalue weighted by Crippen LogP contribution is 2.68. The molecule has 0 bridgehead atoms. The molecule has 3 aliphatic carbocycles. The van der Waals surface area contributed by atoms with Gasteiger partial charge < -0.3 is 10.2 Å². The van der Waals surface area contributed by atoms with Gasteiger partial charge in [-0.3, -0.25) is 0 Å². The molecule has 3 rings (SSSR count). The first kappa shape index (κ1) is 11.7. The second kappa shape index (κ2) is 3.58. The van der Waals surface area contributed by atoms with Gasteiger partial charge in [-0.2, -0.15) is 0 Å². The molecule has 0 heterocycles. The lowest BCUT2D eigenvalue weighted by atomic mass is 9.58. The Balaban J connectivity index is 1.95. The molecule has 0 saturated heterocycles. The molecule has 3 aliphatic rings. The summed E-state index contributed by atoms with van der Waals surface area (Å²) in [5.41, 5.74) is 1.17. The molecule has 0 aromatic heterocycles. The van der Waals surface area contributed by atoms with Crippen molar-refractivity contribution in [2.45, 2.75) is 51.6 Å². The van der Waals surface area contributed by atoms with Gasteiger partial charge in [0.25, 0.3) is 0 Å². The molecule has 5 unspecified atom stereocenters. The van der Waals surface area contributed by atoms with Crippen LogP contribution in [-0.4, -0.2) is 22.4 Å². The predicted octanol–water partition coefficient (Wildman–Crippen LogP) is 2.50. The maximum absolute atomic E-state index is 10.6. The molecule has 1 spiro atoms. The Hall–Kier alpha value is -0.340. The molecule has 5 atom stereocenters. The molecule has 2 saturated carbocycles. The van der Waals surface area contributed by atoms with Crippen LogP contribution in [-0.2, 0) is 0 Å². The van der Waals surface area contributed by atoms with Gasteiger partial charge in [0.05, 0.1) is 12.2 Å². The molecule has 0 aromatic carbocycles. The van der Waals surface area contributed by atoms with Gasteiger partial charge in [0.1, 0.15) is 0 Å². The molecule has 0 amide bonds. The lowest BCUT2D eigenvalue weighted by molar-refractivity contribution is -0.0830. The van der Waals surface area contributed by atoms with Crippen molar-refractivity contribution in [3.63, 3.8) is 0 Å². The molecule has 2 fully saturated rings. The standard InChI is InChI=1S/C15H24O2/c1-10-8-15(10)6-5-14(2,17)12-4-3-11(9-16)7-13(12)15/h7,10,12-13,16-17H,3-6,8-9H2,1-2H3. The van der Waals surface area contributed by atoms with E-state index in [-0.39, 0.29) is 6.61 Å². The van der Waals surface area contributed by atoms with E-state index in [0.29, 0.717) is 17.3 Å². The van der Waals surface area contributed by atoms with Crippen molar-refractivity contribution in [1.82, 2.24) is 0 Å². The van der Waals surface area contributed by atoms with Gasteiger partial charge in [0.2, 0.25) is 0 Å². The molecule has 17 heavy (non-hydrogen) atoms. The molecule has 2 heteroatoms. The highest BCUT2D eigenvalue weighted by Gasteiger charge is 2.62. The van der Waals surface area contributed by atoms with E-state index >= 15 is 0 Å². The number of aliphatic hydroxyl groups excluding tert-OH is 1. The first-order chi connectivity index (χ1) is 7.99. The minimum Gasteiger partial charge on any atom is -0.392 e. The van der Waals surface area contributed by atoms with Crippen LogP contribution in [0.25, 0.3) is 0 Å². The SMILES string of the molecule is CC1CC12CCC(C)(O)C1CCC(CO)=CC12. The second-order valence-corrected chi connectivity index (χ2v) is 6.85. The number of fused-ring (bicyclic) bond motifs is 2. The zero-order chi connectivity index (χ0) is 12.3. The summed E-state index contributed by atoms with van der Waals surface area (Å²) < 4.78 is 0. The zero-order valence-corrected chi connectivity index (χ0v) is 10.9. The quantitative estimate of drug-likeness (QED) is 0.687. The second-order valence-electron chi connectivity index (χ2n) is 6.85. The van der Waals surface area contributed by atoms with Crippen molar-refractivity contribution in [3.05, 3.63) is 11.6 Å². The van der Waals surface area contributed by atoms with Crippen LogP contribution in [0.2, 0.25) is 0 Å². The Morgan fingerprint density at radius 1 is 1.41 bits per heavy atom. The molecular formula is C15H24O2. The van der Waals surface area contributed by atoms with Gasteiger partial charge in [-0.15, -0.1) is 0 Å². The smallest absolute Gasteiger partial charge is 0.0654 e. The predicted molar refractivity (Wildman–Crippen MR) is 67.5 cm³/mol. The van der Waals surface area contributed by atoms with Crippen LogP contribution in [0.4, 0.5) is 0 Å². The summed E-state index contributed by atoms with van der Waals surface area (Å²) in [6.45, 7) is 4.57. The van der Waals surface area contributed by atoms with Crippen LogP contribution in [0.5, 0.6) is 0 Å². The van der Waals surface area contributed by atoms with Crippen LogP contribution < -0.4 is 0 Å². The highest BCUT2D eigenvalue weighted by atomic mass is 16.3. The summed E-state index contributed by atoms with van der Waals surface area (Å²) in [7, 11) is 0. The van der Waals surface area contributed by atoms with Crippen molar-refractivity contribution < 1.29 is 10.2 Å². The van der Waals surface area contributed by atoms with Gasteiger partial charge in [-0.1, -0.05) is 13.0 Å². The van der Waals surface area contributed by atoms with Crippen molar-refractivity contribution in [2.75, 3.05) is 6.61 Å². The van der Waals surface area contributed by atoms with Crippen molar-refractivity contribution in [2.24, 2.45) is 23.2 Å². The number of allylic oxidation sites excluding steroid dienone is 1. The van der Waals surface area contributed by atoms with Gasteiger partial charge in [0.15, 0.2) is 0 Å². The van der Waals surface area contributed by atoms with Crippen molar-refractivity contribution >= 4 is 0 Å². The Bertz CT molecular complexity index is 358. The van der Waals surface area contributed by atoms with Crippen LogP contribution in [0, 0.1) is 23.2 Å². The lowest BCUT2D eigenvalue weighted by Gasteiger charge is -2.49. The molecule has 96 valence electrons. The number of hydrogen-bond acceptors (Lipinski definition) is 2. The summed E-state index contributed by atoms with van der Waals surface area (Å²) >= 11 is 0. The Kier molecular flexibility index (Phi) is 2.47. The topological polar surface area (TPSA) is 40.5 Å². The average Bonchev–Trinajstić information content (AvgIpc) is 2.96. The third kappa shape index (κ3) is 1.61. The lowest BCUT2D eigenvalue weighted by Crippen LogP contribution is -2.48. The fourth-order valence-electron chi connectivity index (χ4n) is 4.53. The Morgan fingerprint density at radius 3 is 2.71 bits per heavy atom. The zero-order valence-electron chi connectivity index (χ0n) is 10.9. The maximum atomic E-state index is 10.6. The maximum Gasteiger partial charge on any atom is 0.0654 e. The normalized spacial score (nSPS) is 53.2. The summed E-state index contributed by atoms with van der Waals surface area (Å²) in [4.78, 5) is 0. The molecular weight excluding hydrogens is 212 g/mol.